The third kappa shape index (κ3) is 4.62. The van der Waals surface area contributed by atoms with Crippen molar-refractivity contribution in [2.75, 3.05) is 6.54 Å². The first-order chi connectivity index (χ1) is 11.3. The Morgan fingerprint density at radius 3 is 2.54 bits per heavy atom. The maximum atomic E-state index is 12.4. The minimum Gasteiger partial charge on any atom is -0.258 e. The highest BCUT2D eigenvalue weighted by Gasteiger charge is 2.19. The van der Waals surface area contributed by atoms with Crippen LogP contribution >= 0.6 is 0 Å². The first-order valence-corrected chi connectivity index (χ1v) is 9.08. The summed E-state index contributed by atoms with van der Waals surface area (Å²) in [5.74, 6) is 0. The number of benzene rings is 2. The van der Waals surface area contributed by atoms with Gasteiger partial charge in [-0.1, -0.05) is 35.9 Å². The van der Waals surface area contributed by atoms with Gasteiger partial charge in [0.25, 0.3) is 5.69 Å². The number of nitrogens with one attached hydrogen (secondary N) is 1. The van der Waals surface area contributed by atoms with Crippen molar-refractivity contribution in [1.29, 1.82) is 0 Å². The van der Waals surface area contributed by atoms with Gasteiger partial charge in [-0.05, 0) is 37.8 Å². The fourth-order valence-corrected chi connectivity index (χ4v) is 3.77. The second kappa shape index (κ2) is 7.55. The highest BCUT2D eigenvalue weighted by molar-refractivity contribution is 7.89. The maximum Gasteiger partial charge on any atom is 0.270 e. The van der Waals surface area contributed by atoms with Crippen molar-refractivity contribution in [3.05, 3.63) is 69.3 Å². The standard InChI is InChI=1S/C17H20N2O4S/c1-13-5-3-6-15(11-13)7-4-10-18-24(22,23)17-12-16(19(20)21)9-8-14(17)2/h3,5-6,8-9,11-12,18H,4,7,10H2,1-2H3. The van der Waals surface area contributed by atoms with Crippen LogP contribution in [0.1, 0.15) is 23.1 Å². The summed E-state index contributed by atoms with van der Waals surface area (Å²) in [6.45, 7) is 3.90. The Kier molecular flexibility index (Phi) is 5.69. The highest BCUT2D eigenvalue weighted by Crippen LogP contribution is 2.21. The van der Waals surface area contributed by atoms with E-state index in [0.29, 0.717) is 12.0 Å². The van der Waals surface area contributed by atoms with E-state index in [9.17, 15) is 18.5 Å². The summed E-state index contributed by atoms with van der Waals surface area (Å²) in [6.07, 6.45) is 1.41. The number of sulfonamides is 1. The number of aryl methyl sites for hydroxylation is 3. The van der Waals surface area contributed by atoms with Gasteiger partial charge in [0, 0.05) is 18.7 Å². The van der Waals surface area contributed by atoms with Crippen molar-refractivity contribution in [3.8, 4) is 0 Å². The number of hydrogen-bond donors (Lipinski definition) is 1. The molecule has 0 atom stereocenters. The molecule has 2 rings (SSSR count). The smallest absolute Gasteiger partial charge is 0.258 e. The highest BCUT2D eigenvalue weighted by atomic mass is 32.2. The van der Waals surface area contributed by atoms with Crippen molar-refractivity contribution < 1.29 is 13.3 Å². The van der Waals surface area contributed by atoms with Crippen LogP contribution in [-0.2, 0) is 16.4 Å². The zero-order valence-corrected chi connectivity index (χ0v) is 14.5. The molecule has 0 fully saturated rings. The minimum absolute atomic E-state index is 0.0488. The summed E-state index contributed by atoms with van der Waals surface area (Å²) < 4.78 is 27.2. The van der Waals surface area contributed by atoms with Gasteiger partial charge in [-0.2, -0.15) is 0 Å². The largest absolute Gasteiger partial charge is 0.270 e. The van der Waals surface area contributed by atoms with E-state index in [1.807, 2.05) is 25.1 Å². The molecule has 128 valence electrons. The van der Waals surface area contributed by atoms with Crippen LogP contribution in [0.4, 0.5) is 5.69 Å². The molecule has 2 aromatic rings. The lowest BCUT2D eigenvalue weighted by Gasteiger charge is -2.09. The van der Waals surface area contributed by atoms with Gasteiger partial charge in [0.2, 0.25) is 10.0 Å². The Labute approximate surface area is 141 Å². The van der Waals surface area contributed by atoms with Crippen LogP contribution in [0.2, 0.25) is 0 Å². The predicted molar refractivity (Wildman–Crippen MR) is 92.5 cm³/mol. The number of rotatable bonds is 7. The molecule has 0 amide bonds. The van der Waals surface area contributed by atoms with Crippen LogP contribution in [0.15, 0.2) is 47.4 Å². The summed E-state index contributed by atoms with van der Waals surface area (Å²) in [5.41, 5.74) is 2.56. The molecule has 24 heavy (non-hydrogen) atoms. The Balaban J connectivity index is 2.01. The molecule has 6 nitrogen and oxygen atoms in total. The van der Waals surface area contributed by atoms with Crippen LogP contribution in [-0.4, -0.2) is 19.9 Å². The Morgan fingerprint density at radius 2 is 1.88 bits per heavy atom. The molecule has 0 heterocycles. The first-order valence-electron chi connectivity index (χ1n) is 7.60. The van der Waals surface area contributed by atoms with E-state index in [4.69, 9.17) is 0 Å². The number of non-ortho nitro benzene ring substituents is 1. The minimum atomic E-state index is -3.76. The predicted octanol–water partition coefficient (Wildman–Crippen LogP) is 3.12. The average Bonchev–Trinajstić information content (AvgIpc) is 2.51. The van der Waals surface area contributed by atoms with Crippen LogP contribution in [0, 0.1) is 24.0 Å². The monoisotopic (exact) mass is 348 g/mol. The summed E-state index contributed by atoms with van der Waals surface area (Å²) >= 11 is 0. The number of nitro benzene ring substituents is 1. The first kappa shape index (κ1) is 18.1. The zero-order valence-electron chi connectivity index (χ0n) is 13.7. The summed E-state index contributed by atoms with van der Waals surface area (Å²) in [7, 11) is -3.76. The number of nitrogens with zero attached hydrogens (tertiary/aromatic N) is 1. The molecule has 0 bridgehead atoms. The topological polar surface area (TPSA) is 89.3 Å². The van der Waals surface area contributed by atoms with Crippen molar-refractivity contribution in [2.45, 2.75) is 31.6 Å². The molecule has 0 saturated carbocycles. The van der Waals surface area contributed by atoms with Crippen LogP contribution < -0.4 is 4.72 Å². The normalized spacial score (nSPS) is 11.4. The summed E-state index contributed by atoms with van der Waals surface area (Å²) in [4.78, 5) is 10.2. The molecule has 2 aromatic carbocycles. The lowest BCUT2D eigenvalue weighted by molar-refractivity contribution is -0.385. The van der Waals surface area contributed by atoms with E-state index in [-0.39, 0.29) is 17.1 Å². The van der Waals surface area contributed by atoms with Crippen molar-refractivity contribution in [2.24, 2.45) is 0 Å². The average molecular weight is 348 g/mol. The van der Waals surface area contributed by atoms with E-state index in [1.54, 1.807) is 6.92 Å². The van der Waals surface area contributed by atoms with Gasteiger partial charge in [-0.3, -0.25) is 10.1 Å². The van der Waals surface area contributed by atoms with Crippen LogP contribution in [0.25, 0.3) is 0 Å². The van der Waals surface area contributed by atoms with E-state index >= 15 is 0 Å². The lowest BCUT2D eigenvalue weighted by Crippen LogP contribution is -2.26. The maximum absolute atomic E-state index is 12.4. The summed E-state index contributed by atoms with van der Waals surface area (Å²) in [5, 5.41) is 10.8. The van der Waals surface area contributed by atoms with Gasteiger partial charge in [-0.15, -0.1) is 0 Å². The molecule has 0 aliphatic rings. The van der Waals surface area contributed by atoms with E-state index < -0.39 is 14.9 Å². The van der Waals surface area contributed by atoms with E-state index in [1.165, 1.54) is 17.7 Å². The van der Waals surface area contributed by atoms with Crippen LogP contribution in [0.5, 0.6) is 0 Å². The molecule has 0 aliphatic heterocycles. The van der Waals surface area contributed by atoms with Gasteiger partial charge >= 0.3 is 0 Å². The Morgan fingerprint density at radius 1 is 1.12 bits per heavy atom. The third-order valence-corrected chi connectivity index (χ3v) is 5.29. The second-order valence-electron chi connectivity index (χ2n) is 5.70. The molecule has 0 unspecified atom stereocenters. The number of nitro groups is 1. The Hall–Kier alpha value is -2.25. The van der Waals surface area contributed by atoms with E-state index in [0.717, 1.165) is 18.1 Å². The fraction of sp³-hybridized carbons (Fsp3) is 0.294. The molecule has 1 N–H and O–H groups in total. The SMILES string of the molecule is Cc1cccc(CCCNS(=O)(=O)c2cc([N+](=O)[O-])ccc2C)c1. The summed E-state index contributed by atoms with van der Waals surface area (Å²) in [6, 6.07) is 11.9. The van der Waals surface area contributed by atoms with Gasteiger partial charge in [0.05, 0.1) is 9.82 Å². The van der Waals surface area contributed by atoms with Gasteiger partial charge in [0.1, 0.15) is 0 Å². The molecule has 0 spiro atoms. The van der Waals surface area contributed by atoms with Gasteiger partial charge in [0.15, 0.2) is 0 Å². The molecule has 0 radical (unpaired) electrons. The molecule has 0 aliphatic carbocycles. The second-order valence-corrected chi connectivity index (χ2v) is 7.43. The molecular formula is C17H20N2O4S. The van der Waals surface area contributed by atoms with Crippen LogP contribution in [0.3, 0.4) is 0 Å². The molecule has 0 saturated heterocycles. The number of hydrogen-bond acceptors (Lipinski definition) is 4. The van der Waals surface area contributed by atoms with Crippen molar-refractivity contribution in [3.63, 3.8) is 0 Å². The third-order valence-electron chi connectivity index (χ3n) is 3.69. The fourth-order valence-electron chi connectivity index (χ4n) is 2.44. The Bertz CT molecular complexity index is 847. The molecule has 7 heteroatoms. The van der Waals surface area contributed by atoms with E-state index in [2.05, 4.69) is 10.8 Å². The lowest BCUT2D eigenvalue weighted by atomic mass is 10.1. The molecule has 0 aromatic heterocycles. The molecular weight excluding hydrogens is 328 g/mol. The van der Waals surface area contributed by atoms with Gasteiger partial charge < -0.3 is 0 Å². The zero-order chi connectivity index (χ0) is 17.7. The van der Waals surface area contributed by atoms with Crippen molar-refractivity contribution in [1.82, 2.24) is 4.72 Å². The van der Waals surface area contributed by atoms with Crippen molar-refractivity contribution >= 4 is 15.7 Å². The quantitative estimate of drug-likeness (QED) is 0.473. The van der Waals surface area contributed by atoms with Gasteiger partial charge in [-0.25, -0.2) is 13.1 Å².